The lowest BCUT2D eigenvalue weighted by molar-refractivity contribution is 0.102. The van der Waals surface area contributed by atoms with Crippen molar-refractivity contribution in [2.75, 3.05) is 10.6 Å². The molecule has 34 heavy (non-hydrogen) atoms. The summed E-state index contributed by atoms with van der Waals surface area (Å²) in [5.41, 5.74) is 4.32. The SMILES string of the molecule is O=C(Nc1cccc(-c2cc(NCc3ccc(Cl)cc3Cl)n3nccc3n2)c1)c1cccnc1. The fraction of sp³-hybridized carbons (Fsp3) is 0.0400. The van der Waals surface area contributed by atoms with Crippen LogP contribution in [-0.4, -0.2) is 25.5 Å². The largest absolute Gasteiger partial charge is 0.366 e. The molecule has 0 aliphatic heterocycles. The van der Waals surface area contributed by atoms with Gasteiger partial charge < -0.3 is 10.6 Å². The highest BCUT2D eigenvalue weighted by Crippen LogP contribution is 2.26. The summed E-state index contributed by atoms with van der Waals surface area (Å²) in [5.74, 6) is 0.521. The van der Waals surface area contributed by atoms with E-state index in [2.05, 4.69) is 20.7 Å². The molecule has 7 nitrogen and oxygen atoms in total. The topological polar surface area (TPSA) is 84.2 Å². The van der Waals surface area contributed by atoms with Crippen LogP contribution in [0.4, 0.5) is 11.5 Å². The molecular weight excluding hydrogens is 471 g/mol. The second kappa shape index (κ2) is 9.51. The Hall–Kier alpha value is -3.94. The Balaban J connectivity index is 1.43. The van der Waals surface area contributed by atoms with Gasteiger partial charge in [-0.1, -0.05) is 41.4 Å². The molecule has 0 saturated carbocycles. The van der Waals surface area contributed by atoms with Crippen LogP contribution in [0.25, 0.3) is 16.9 Å². The molecule has 0 unspecified atom stereocenters. The summed E-state index contributed by atoms with van der Waals surface area (Å²) in [5, 5.41) is 11.8. The number of hydrogen-bond acceptors (Lipinski definition) is 5. The number of aromatic nitrogens is 4. The van der Waals surface area contributed by atoms with Gasteiger partial charge in [0.1, 0.15) is 5.82 Å². The Labute approximate surface area is 205 Å². The number of halogens is 2. The van der Waals surface area contributed by atoms with Crippen LogP contribution in [0.5, 0.6) is 0 Å². The highest BCUT2D eigenvalue weighted by atomic mass is 35.5. The first-order valence-electron chi connectivity index (χ1n) is 10.4. The molecule has 0 spiro atoms. The smallest absolute Gasteiger partial charge is 0.257 e. The minimum atomic E-state index is -0.230. The van der Waals surface area contributed by atoms with E-state index in [4.69, 9.17) is 28.2 Å². The van der Waals surface area contributed by atoms with Gasteiger partial charge in [0.15, 0.2) is 5.65 Å². The highest BCUT2D eigenvalue weighted by molar-refractivity contribution is 6.35. The zero-order chi connectivity index (χ0) is 23.5. The molecule has 1 amide bonds. The van der Waals surface area contributed by atoms with Gasteiger partial charge in [0.2, 0.25) is 0 Å². The van der Waals surface area contributed by atoms with E-state index in [1.54, 1.807) is 41.2 Å². The average Bonchev–Trinajstić information content (AvgIpc) is 3.33. The number of amides is 1. The molecule has 3 heterocycles. The van der Waals surface area contributed by atoms with E-state index in [0.717, 1.165) is 22.6 Å². The molecule has 3 aromatic heterocycles. The third-order valence-electron chi connectivity index (χ3n) is 5.17. The predicted octanol–water partition coefficient (Wildman–Crippen LogP) is 5.96. The van der Waals surface area contributed by atoms with Gasteiger partial charge in [0, 0.05) is 52.4 Å². The van der Waals surface area contributed by atoms with Crippen molar-refractivity contribution in [1.82, 2.24) is 19.6 Å². The molecule has 5 rings (SSSR count). The van der Waals surface area contributed by atoms with Crippen molar-refractivity contribution >= 4 is 46.3 Å². The van der Waals surface area contributed by atoms with E-state index < -0.39 is 0 Å². The maximum absolute atomic E-state index is 12.5. The van der Waals surface area contributed by atoms with E-state index in [1.165, 1.54) is 6.20 Å². The maximum atomic E-state index is 12.5. The molecule has 0 saturated heterocycles. The number of nitrogens with one attached hydrogen (secondary N) is 2. The van der Waals surface area contributed by atoms with Crippen molar-refractivity contribution in [3.63, 3.8) is 0 Å². The van der Waals surface area contributed by atoms with Gasteiger partial charge in [0.05, 0.1) is 17.5 Å². The Morgan fingerprint density at radius 3 is 2.71 bits per heavy atom. The number of fused-ring (bicyclic) bond motifs is 1. The van der Waals surface area contributed by atoms with E-state index in [-0.39, 0.29) is 5.91 Å². The number of nitrogens with zero attached hydrogens (tertiary/aromatic N) is 4. The summed E-state index contributed by atoms with van der Waals surface area (Å²) < 4.78 is 1.72. The van der Waals surface area contributed by atoms with Crippen LogP contribution in [0.3, 0.4) is 0 Å². The maximum Gasteiger partial charge on any atom is 0.257 e. The lowest BCUT2D eigenvalue weighted by atomic mass is 10.1. The van der Waals surface area contributed by atoms with E-state index in [1.807, 2.05) is 42.5 Å². The molecule has 9 heteroatoms. The van der Waals surface area contributed by atoms with Crippen molar-refractivity contribution < 1.29 is 4.79 Å². The van der Waals surface area contributed by atoms with Crippen molar-refractivity contribution in [1.29, 1.82) is 0 Å². The van der Waals surface area contributed by atoms with Crippen LogP contribution < -0.4 is 10.6 Å². The Morgan fingerprint density at radius 1 is 0.971 bits per heavy atom. The summed E-state index contributed by atoms with van der Waals surface area (Å²) in [4.78, 5) is 21.2. The first-order chi connectivity index (χ1) is 16.6. The summed E-state index contributed by atoms with van der Waals surface area (Å²) >= 11 is 12.3. The Morgan fingerprint density at radius 2 is 1.88 bits per heavy atom. The molecule has 0 atom stereocenters. The van der Waals surface area contributed by atoms with Crippen LogP contribution in [0.2, 0.25) is 10.0 Å². The van der Waals surface area contributed by atoms with E-state index >= 15 is 0 Å². The Kier molecular flexibility index (Phi) is 6.12. The predicted molar refractivity (Wildman–Crippen MR) is 134 cm³/mol. The van der Waals surface area contributed by atoms with Gasteiger partial charge in [-0.05, 0) is 42.0 Å². The molecular formula is C25H18Cl2N6O. The van der Waals surface area contributed by atoms with Crippen LogP contribution in [0, 0.1) is 0 Å². The monoisotopic (exact) mass is 488 g/mol. The zero-order valence-corrected chi connectivity index (χ0v) is 19.3. The number of benzene rings is 2. The fourth-order valence-corrected chi connectivity index (χ4v) is 3.97. The molecule has 0 radical (unpaired) electrons. The minimum absolute atomic E-state index is 0.230. The van der Waals surface area contributed by atoms with Gasteiger partial charge in [0.25, 0.3) is 5.91 Å². The van der Waals surface area contributed by atoms with Crippen molar-refractivity contribution in [3.05, 3.63) is 106 Å². The molecule has 0 aliphatic rings. The number of carbonyl (C=O) groups excluding carboxylic acids is 1. The average molecular weight is 489 g/mol. The minimum Gasteiger partial charge on any atom is -0.366 e. The molecule has 168 valence electrons. The van der Waals surface area contributed by atoms with Gasteiger partial charge in [-0.2, -0.15) is 9.61 Å². The first-order valence-corrected chi connectivity index (χ1v) is 11.2. The van der Waals surface area contributed by atoms with Gasteiger partial charge in [-0.15, -0.1) is 0 Å². The molecule has 5 aromatic rings. The van der Waals surface area contributed by atoms with Crippen LogP contribution >= 0.6 is 23.2 Å². The lowest BCUT2D eigenvalue weighted by Crippen LogP contribution is -2.12. The number of anilines is 2. The van der Waals surface area contributed by atoms with Crippen LogP contribution in [-0.2, 0) is 6.54 Å². The zero-order valence-electron chi connectivity index (χ0n) is 17.7. The third kappa shape index (κ3) is 4.71. The van der Waals surface area contributed by atoms with Crippen LogP contribution in [0.1, 0.15) is 15.9 Å². The summed E-state index contributed by atoms with van der Waals surface area (Å²) in [6, 6.07) is 20.1. The lowest BCUT2D eigenvalue weighted by Gasteiger charge is -2.12. The molecule has 0 aliphatic carbocycles. The summed E-state index contributed by atoms with van der Waals surface area (Å²) in [6.07, 6.45) is 4.85. The number of rotatable bonds is 6. The van der Waals surface area contributed by atoms with Gasteiger partial charge in [-0.3, -0.25) is 9.78 Å². The summed E-state index contributed by atoms with van der Waals surface area (Å²) in [7, 11) is 0. The van der Waals surface area contributed by atoms with Crippen molar-refractivity contribution in [3.8, 4) is 11.3 Å². The molecule has 0 fully saturated rings. The number of pyridine rings is 1. The number of hydrogen-bond donors (Lipinski definition) is 2. The fourth-order valence-electron chi connectivity index (χ4n) is 3.49. The van der Waals surface area contributed by atoms with Crippen LogP contribution in [0.15, 0.2) is 85.3 Å². The molecule has 0 bridgehead atoms. The van der Waals surface area contributed by atoms with Crippen molar-refractivity contribution in [2.45, 2.75) is 6.54 Å². The standard InChI is InChI=1S/C25H18Cl2N6O/c26-19-7-6-17(21(27)12-19)15-29-24-13-22(32-23-8-10-30-33(23)24)16-3-1-5-20(11-16)31-25(34)18-4-2-9-28-14-18/h1-14,29H,15H2,(H,31,34). The van der Waals surface area contributed by atoms with E-state index in [9.17, 15) is 4.79 Å². The quantitative estimate of drug-likeness (QED) is 0.307. The van der Waals surface area contributed by atoms with E-state index in [0.29, 0.717) is 33.5 Å². The second-order valence-corrected chi connectivity index (χ2v) is 8.34. The van der Waals surface area contributed by atoms with Gasteiger partial charge in [-0.25, -0.2) is 4.98 Å². The molecule has 2 N–H and O–H groups in total. The Bertz CT molecular complexity index is 1490. The molecule has 2 aromatic carbocycles. The van der Waals surface area contributed by atoms with Gasteiger partial charge >= 0.3 is 0 Å². The summed E-state index contributed by atoms with van der Waals surface area (Å²) in [6.45, 7) is 0.482. The second-order valence-electron chi connectivity index (χ2n) is 7.49. The normalized spacial score (nSPS) is 10.9. The third-order valence-corrected chi connectivity index (χ3v) is 5.76. The highest BCUT2D eigenvalue weighted by Gasteiger charge is 2.11. The first kappa shape index (κ1) is 21.9. The number of carbonyl (C=O) groups is 1. The van der Waals surface area contributed by atoms with Crippen molar-refractivity contribution in [2.24, 2.45) is 0 Å².